The van der Waals surface area contributed by atoms with Crippen LogP contribution < -0.4 is 20.7 Å². The highest BCUT2D eigenvalue weighted by Crippen LogP contribution is 2.47. The topological polar surface area (TPSA) is 0 Å². The maximum absolute atomic E-state index is 2.60. The molecule has 0 spiro atoms. The van der Waals surface area contributed by atoms with Crippen molar-refractivity contribution in [3.05, 3.63) is 181 Å². The summed E-state index contributed by atoms with van der Waals surface area (Å²) >= 11 is 0. The molecule has 2 aliphatic heterocycles. The Balaban J connectivity index is 1.20. The quantitative estimate of drug-likeness (QED) is 0.123. The fourth-order valence-corrected chi connectivity index (χ4v) is 19.3. The highest BCUT2D eigenvalue weighted by Gasteiger charge is 2.41. The molecule has 0 saturated heterocycles. The molecule has 12 rings (SSSR count). The van der Waals surface area contributed by atoms with E-state index in [1.54, 1.807) is 20.7 Å². The van der Waals surface area contributed by atoms with Gasteiger partial charge in [-0.3, -0.25) is 0 Å². The summed E-state index contributed by atoms with van der Waals surface area (Å²) in [4.78, 5) is 0. The molecule has 1 aliphatic carbocycles. The van der Waals surface area contributed by atoms with Crippen LogP contribution in [0.1, 0.15) is 36.8 Å². The number of aryl methyl sites for hydroxylation is 1. The van der Waals surface area contributed by atoms with E-state index in [4.69, 9.17) is 0 Å². The van der Waals surface area contributed by atoms with Gasteiger partial charge in [-0.1, -0.05) is 203 Å². The average Bonchev–Trinajstić information content (AvgIpc) is 3.69. The fraction of sp³-hybridized carbons (Fsp3) is 0.167. The molecule has 0 aromatic heterocycles. The summed E-state index contributed by atoms with van der Waals surface area (Å²) in [6, 6.07) is 66.2. The summed E-state index contributed by atoms with van der Waals surface area (Å²) in [5.41, 5.74) is 19.8. The molecular formula is C60H52Si2. The van der Waals surface area contributed by atoms with E-state index >= 15 is 0 Å². The summed E-state index contributed by atoms with van der Waals surface area (Å²) in [7, 11) is -4.04. The smallest absolute Gasteiger partial charge is 0.0623 e. The molecule has 0 nitrogen and oxygen atoms in total. The fourth-order valence-electron chi connectivity index (χ4n) is 12.4. The molecule has 0 amide bonds. The first-order chi connectivity index (χ1) is 30.3. The third-order valence-corrected chi connectivity index (χ3v) is 22.3. The maximum atomic E-state index is 2.60. The first kappa shape index (κ1) is 37.7. The van der Waals surface area contributed by atoms with Crippen molar-refractivity contribution in [2.75, 3.05) is 0 Å². The van der Waals surface area contributed by atoms with Crippen LogP contribution in [0.15, 0.2) is 170 Å². The summed E-state index contributed by atoms with van der Waals surface area (Å²) in [5.74, 6) is 0. The van der Waals surface area contributed by atoms with Gasteiger partial charge in [-0.05, 0) is 152 Å². The van der Waals surface area contributed by atoms with Gasteiger partial charge in [-0.15, -0.1) is 0 Å². The Hall–Kier alpha value is -6.07. The second kappa shape index (κ2) is 14.2. The van der Waals surface area contributed by atoms with Gasteiger partial charge in [0.15, 0.2) is 0 Å². The lowest BCUT2D eigenvalue weighted by Gasteiger charge is -2.25. The third-order valence-electron chi connectivity index (χ3n) is 15.2. The lowest BCUT2D eigenvalue weighted by Crippen LogP contribution is -2.50. The van der Waals surface area contributed by atoms with Crippen LogP contribution in [-0.4, -0.2) is 16.1 Å². The number of hydrogen-bond acceptors (Lipinski definition) is 0. The molecule has 0 saturated carbocycles. The minimum absolute atomic E-state index is 1.07. The molecule has 62 heavy (non-hydrogen) atoms. The Morgan fingerprint density at radius 2 is 0.710 bits per heavy atom. The Morgan fingerprint density at radius 3 is 1.27 bits per heavy atom. The van der Waals surface area contributed by atoms with Crippen molar-refractivity contribution in [1.29, 1.82) is 0 Å². The first-order valence-electron chi connectivity index (χ1n) is 23.0. The predicted molar refractivity (Wildman–Crippen MR) is 273 cm³/mol. The SMILES string of the molecule is C[Si]1(C)c2ccccc2-c2cccc(-c3cccc4c(-c5cccc6c5CCCCCCc5ccccc5-6)c5cccc(-c6cccc7c6[Si](C)(C)c6ccccc6-7)c5cc34)c21. The van der Waals surface area contributed by atoms with Crippen LogP contribution in [-0.2, 0) is 12.8 Å². The third kappa shape index (κ3) is 5.49. The summed E-state index contributed by atoms with van der Waals surface area (Å²) in [6.07, 6.45) is 7.23. The zero-order chi connectivity index (χ0) is 41.7. The van der Waals surface area contributed by atoms with Crippen molar-refractivity contribution in [3.8, 4) is 66.8 Å². The van der Waals surface area contributed by atoms with Gasteiger partial charge in [0, 0.05) is 0 Å². The molecule has 2 heterocycles. The van der Waals surface area contributed by atoms with Crippen LogP contribution in [0.25, 0.3) is 88.3 Å². The second-order valence-corrected chi connectivity index (χ2v) is 27.8. The molecule has 0 bridgehead atoms. The zero-order valence-corrected chi connectivity index (χ0v) is 38.4. The minimum atomic E-state index is -2.02. The van der Waals surface area contributed by atoms with E-state index in [1.807, 2.05) is 0 Å². The lowest BCUT2D eigenvalue weighted by molar-refractivity contribution is 0.639. The van der Waals surface area contributed by atoms with Crippen molar-refractivity contribution in [2.24, 2.45) is 0 Å². The first-order valence-corrected chi connectivity index (χ1v) is 29.0. The van der Waals surface area contributed by atoms with Gasteiger partial charge in [0.1, 0.15) is 16.1 Å². The van der Waals surface area contributed by atoms with Crippen LogP contribution in [0.4, 0.5) is 0 Å². The van der Waals surface area contributed by atoms with Gasteiger partial charge in [-0.25, -0.2) is 0 Å². The normalized spacial score (nSPS) is 15.6. The van der Waals surface area contributed by atoms with Gasteiger partial charge in [0.25, 0.3) is 0 Å². The lowest BCUT2D eigenvalue weighted by atomic mass is 9.81. The van der Waals surface area contributed by atoms with E-state index in [-0.39, 0.29) is 0 Å². The molecule has 9 aromatic rings. The largest absolute Gasteiger partial charge is 0.114 e. The standard InChI is InChI=1S/C60H52Si2/c1-61(2)56-36-13-11-24-45(56)52-34-18-32-50(59(52)61)43-27-16-30-48-54(43)38-55-44(51-33-19-35-53-46-25-12-14-37-57(46)62(3,4)60(51)53)28-17-31-49(55)58(48)47-29-15-26-41-40-22-10-9-21-39(40)20-7-5-6-8-23-42(41)47/h9-19,21-22,24-38H,5-8,20,23H2,1-4H3. The number of benzene rings is 9. The maximum Gasteiger partial charge on any atom is 0.114 e. The number of rotatable bonds is 3. The molecule has 0 fully saturated rings. The molecule has 2 heteroatoms. The van der Waals surface area contributed by atoms with Crippen LogP contribution in [0.5, 0.6) is 0 Å². The predicted octanol–water partition coefficient (Wildman–Crippen LogP) is 13.9. The molecular weight excluding hydrogens is 777 g/mol. The summed E-state index contributed by atoms with van der Waals surface area (Å²) < 4.78 is 0. The van der Waals surface area contributed by atoms with Crippen LogP contribution in [0.3, 0.4) is 0 Å². The van der Waals surface area contributed by atoms with E-state index in [9.17, 15) is 0 Å². The van der Waals surface area contributed by atoms with Crippen LogP contribution in [0, 0.1) is 0 Å². The molecule has 300 valence electrons. The number of fused-ring (bicyclic) bond motifs is 11. The zero-order valence-electron chi connectivity index (χ0n) is 36.4. The van der Waals surface area contributed by atoms with Gasteiger partial charge in [-0.2, -0.15) is 0 Å². The van der Waals surface area contributed by atoms with Crippen molar-refractivity contribution >= 4 is 58.4 Å². The molecule has 0 unspecified atom stereocenters. The molecule has 9 aromatic carbocycles. The molecule has 3 aliphatic rings. The summed E-state index contributed by atoms with van der Waals surface area (Å²) in [6.45, 7) is 10.3. The molecule has 0 N–H and O–H groups in total. The van der Waals surface area contributed by atoms with Crippen molar-refractivity contribution in [3.63, 3.8) is 0 Å². The molecule has 0 radical (unpaired) electrons. The highest BCUT2D eigenvalue weighted by atomic mass is 28.3. The van der Waals surface area contributed by atoms with E-state index < -0.39 is 16.1 Å². The average molecular weight is 829 g/mol. The van der Waals surface area contributed by atoms with Crippen molar-refractivity contribution in [2.45, 2.75) is 64.7 Å². The van der Waals surface area contributed by atoms with E-state index in [1.165, 1.54) is 125 Å². The van der Waals surface area contributed by atoms with Gasteiger partial charge >= 0.3 is 0 Å². The van der Waals surface area contributed by atoms with Crippen LogP contribution >= 0.6 is 0 Å². The van der Waals surface area contributed by atoms with Crippen molar-refractivity contribution < 1.29 is 0 Å². The Morgan fingerprint density at radius 1 is 0.306 bits per heavy atom. The van der Waals surface area contributed by atoms with E-state index in [0.29, 0.717) is 0 Å². The van der Waals surface area contributed by atoms with E-state index in [2.05, 4.69) is 196 Å². The monoisotopic (exact) mass is 828 g/mol. The Bertz CT molecular complexity index is 3140. The molecule has 0 atom stereocenters. The number of hydrogen-bond donors (Lipinski definition) is 0. The van der Waals surface area contributed by atoms with Crippen LogP contribution in [0.2, 0.25) is 26.2 Å². The Kier molecular flexibility index (Phi) is 8.65. The second-order valence-electron chi connectivity index (χ2n) is 19.3. The Labute approximate surface area is 369 Å². The van der Waals surface area contributed by atoms with Crippen molar-refractivity contribution in [1.82, 2.24) is 0 Å². The highest BCUT2D eigenvalue weighted by molar-refractivity contribution is 7.05. The van der Waals surface area contributed by atoms with Gasteiger partial charge in [0.05, 0.1) is 0 Å². The van der Waals surface area contributed by atoms with Gasteiger partial charge < -0.3 is 0 Å². The van der Waals surface area contributed by atoms with E-state index in [0.717, 1.165) is 12.8 Å². The minimum Gasteiger partial charge on any atom is -0.0623 e. The van der Waals surface area contributed by atoms with Gasteiger partial charge in [0.2, 0.25) is 0 Å². The summed E-state index contributed by atoms with van der Waals surface area (Å²) in [5, 5.41) is 11.6.